The molecule has 1 saturated heterocycles. The lowest BCUT2D eigenvalue weighted by molar-refractivity contribution is -0.145. The van der Waals surface area contributed by atoms with Crippen molar-refractivity contribution in [1.29, 1.82) is 0 Å². The number of hydrogen-bond acceptors (Lipinski definition) is 13. The quantitative estimate of drug-likeness (QED) is 0.0905. The van der Waals surface area contributed by atoms with Crippen LogP contribution in [0.5, 0.6) is 5.75 Å². The Balaban J connectivity index is 1.90. The van der Waals surface area contributed by atoms with Gasteiger partial charge in [0.1, 0.15) is 42.2 Å². The van der Waals surface area contributed by atoms with Gasteiger partial charge in [-0.2, -0.15) is 0 Å². The first-order valence-electron chi connectivity index (χ1n) is 13.1. The van der Waals surface area contributed by atoms with E-state index >= 15 is 0 Å². The lowest BCUT2D eigenvalue weighted by atomic mass is 9.92. The smallest absolute Gasteiger partial charge is 0.328 e. The molecule has 11 N–H and O–H groups in total. The van der Waals surface area contributed by atoms with Crippen LogP contribution in [-0.2, 0) is 23.9 Å². The van der Waals surface area contributed by atoms with Gasteiger partial charge in [-0.05, 0) is 18.6 Å². The highest BCUT2D eigenvalue weighted by molar-refractivity contribution is 5.92. The first kappa shape index (κ1) is 33.8. The molecule has 9 atom stereocenters. The van der Waals surface area contributed by atoms with E-state index < -0.39 is 97.0 Å². The number of carbonyl (C=O) groups excluding carboxylic acids is 3. The molecule has 0 aromatic carbocycles. The number of aliphatic carboxylic acids is 2. The summed E-state index contributed by atoms with van der Waals surface area (Å²) in [5, 5.41) is 64.3. The average molecular weight is 625 g/mol. The van der Waals surface area contributed by atoms with Gasteiger partial charge in [-0.1, -0.05) is 6.92 Å². The molecule has 2 amide bonds. The summed E-state index contributed by atoms with van der Waals surface area (Å²) >= 11 is 0. The number of rotatable bonds is 14. The van der Waals surface area contributed by atoms with Crippen LogP contribution in [0.2, 0.25) is 0 Å². The number of amides is 2. The fourth-order valence-corrected chi connectivity index (χ4v) is 4.48. The lowest BCUT2D eigenvalue weighted by Gasteiger charge is -2.30. The number of nitrogens with one attached hydrogen (secondary N) is 3. The van der Waals surface area contributed by atoms with Crippen LogP contribution in [0.4, 0.5) is 0 Å². The number of carboxylic acids is 2. The van der Waals surface area contributed by atoms with Gasteiger partial charge in [-0.15, -0.1) is 0 Å². The highest BCUT2D eigenvalue weighted by Crippen LogP contribution is 2.31. The third-order valence-corrected chi connectivity index (χ3v) is 7.05. The summed E-state index contributed by atoms with van der Waals surface area (Å²) in [6.45, 7) is 1.37. The van der Waals surface area contributed by atoms with E-state index in [4.69, 9.17) is 15.6 Å². The van der Waals surface area contributed by atoms with Crippen LogP contribution in [0.3, 0.4) is 0 Å². The lowest BCUT2D eigenvalue weighted by Crippen LogP contribution is -2.61. The number of aliphatic hydroxyl groups excluding tert-OH is 3. The maximum absolute atomic E-state index is 13.4. The van der Waals surface area contributed by atoms with Gasteiger partial charge in [0, 0.05) is 18.5 Å². The molecule has 1 aliphatic rings. The molecule has 240 valence electrons. The molecule has 0 bridgehead atoms. The van der Waals surface area contributed by atoms with Crippen molar-refractivity contribution in [2.45, 2.75) is 68.5 Å². The zero-order chi connectivity index (χ0) is 32.9. The minimum absolute atomic E-state index is 0.0442. The van der Waals surface area contributed by atoms with Crippen molar-refractivity contribution in [3.8, 4) is 5.75 Å². The molecule has 1 fully saturated rings. The molecule has 2 aromatic heterocycles. The molecule has 9 unspecified atom stereocenters. The van der Waals surface area contributed by atoms with E-state index in [1.165, 1.54) is 19.1 Å². The van der Waals surface area contributed by atoms with Crippen molar-refractivity contribution in [2.75, 3.05) is 0 Å². The van der Waals surface area contributed by atoms with Crippen LogP contribution in [0, 0.1) is 5.92 Å². The number of pyridine rings is 1. The Morgan fingerprint density at radius 2 is 1.84 bits per heavy atom. The van der Waals surface area contributed by atoms with Gasteiger partial charge in [0.05, 0.1) is 23.6 Å². The Hall–Kier alpha value is -4.69. The Labute approximate surface area is 247 Å². The molecular formula is C25H32N6O13. The normalized spacial score (nSPS) is 23.1. The predicted molar refractivity (Wildman–Crippen MR) is 143 cm³/mol. The molecule has 3 heterocycles. The number of nitrogens with two attached hydrogens (primary N) is 1. The van der Waals surface area contributed by atoms with E-state index in [2.05, 4.69) is 20.6 Å². The zero-order valence-electron chi connectivity index (χ0n) is 23.0. The summed E-state index contributed by atoms with van der Waals surface area (Å²) < 4.78 is 6.31. The maximum Gasteiger partial charge on any atom is 0.328 e. The Morgan fingerprint density at radius 1 is 1.16 bits per heavy atom. The number of imidazole rings is 1. The molecular weight excluding hydrogens is 592 g/mol. The van der Waals surface area contributed by atoms with Gasteiger partial charge in [0.2, 0.25) is 11.8 Å². The highest BCUT2D eigenvalue weighted by atomic mass is 16.6. The Kier molecular flexibility index (Phi) is 10.9. The molecule has 1 aliphatic heterocycles. The van der Waals surface area contributed by atoms with E-state index in [1.54, 1.807) is 0 Å². The number of aromatic amines is 1. The van der Waals surface area contributed by atoms with Crippen LogP contribution in [-0.4, -0.2) is 112 Å². The van der Waals surface area contributed by atoms with Crippen molar-refractivity contribution in [3.05, 3.63) is 46.4 Å². The molecule has 0 radical (unpaired) electrons. The van der Waals surface area contributed by atoms with Gasteiger partial charge < -0.3 is 56.7 Å². The predicted octanol–water partition coefficient (Wildman–Crippen LogP) is -3.68. The van der Waals surface area contributed by atoms with Crippen molar-refractivity contribution in [2.24, 2.45) is 11.7 Å². The molecule has 0 aliphatic carbocycles. The van der Waals surface area contributed by atoms with Crippen LogP contribution >= 0.6 is 0 Å². The van der Waals surface area contributed by atoms with E-state index in [0.29, 0.717) is 0 Å². The number of carbonyl (C=O) groups is 5. The van der Waals surface area contributed by atoms with Gasteiger partial charge in [0.15, 0.2) is 12.5 Å². The summed E-state index contributed by atoms with van der Waals surface area (Å²) in [7, 11) is 0. The van der Waals surface area contributed by atoms with Crippen molar-refractivity contribution in [3.63, 3.8) is 0 Å². The first-order chi connectivity index (χ1) is 20.7. The van der Waals surface area contributed by atoms with E-state index in [0.717, 1.165) is 17.0 Å². The van der Waals surface area contributed by atoms with E-state index in [9.17, 15) is 54.3 Å². The van der Waals surface area contributed by atoms with Crippen LogP contribution < -0.4 is 22.1 Å². The van der Waals surface area contributed by atoms with E-state index in [1.807, 2.05) is 0 Å². The number of H-pyrrole nitrogens is 1. The summed E-state index contributed by atoms with van der Waals surface area (Å²) in [4.78, 5) is 78.7. The van der Waals surface area contributed by atoms with Gasteiger partial charge >= 0.3 is 17.6 Å². The molecule has 2 aromatic rings. The number of aromatic hydroxyl groups is 1. The minimum atomic E-state index is -1.99. The van der Waals surface area contributed by atoms with Crippen molar-refractivity contribution in [1.82, 2.24) is 25.2 Å². The number of ether oxygens (including phenoxy) is 1. The SMILES string of the molecule is CC(C(N)C(=O)NC(C(=O)NC(CCC(=O)O)C(=O)O)C1OC(n2cc(C=O)[nH]c2=O)C(O)C1O)C(O)c1ccc(O)cn1. The Morgan fingerprint density at radius 3 is 2.39 bits per heavy atom. The molecule has 19 heteroatoms. The van der Waals surface area contributed by atoms with Gasteiger partial charge in [-0.3, -0.25) is 28.7 Å². The van der Waals surface area contributed by atoms with Crippen LogP contribution in [0.15, 0.2) is 29.3 Å². The van der Waals surface area contributed by atoms with Crippen molar-refractivity contribution < 1.29 is 59.3 Å². The summed E-state index contributed by atoms with van der Waals surface area (Å²) in [6, 6.07) is -2.81. The van der Waals surface area contributed by atoms with Crippen LogP contribution in [0.1, 0.15) is 48.3 Å². The Bertz CT molecular complexity index is 1430. The van der Waals surface area contributed by atoms with Crippen LogP contribution in [0.25, 0.3) is 0 Å². The standard InChI is InChI=1S/C25H32N6O13/c1-9(17(36)12-3-2-11(33)6-27-12)15(26)21(39)30-16(22(40)29-13(24(41)42)4-5-14(34)35)20-18(37)19(38)23(44-20)31-7-10(8-32)28-25(31)43/h2-3,6-9,13,15-20,23,33,36-38H,4-5,26H2,1H3,(H,28,43)(H,29,40)(H,30,39)(H,34,35)(H,41,42). The molecule has 44 heavy (non-hydrogen) atoms. The number of aldehydes is 1. The minimum Gasteiger partial charge on any atom is -0.506 e. The van der Waals surface area contributed by atoms with Crippen molar-refractivity contribution >= 4 is 30.0 Å². The number of aromatic nitrogens is 3. The molecule has 0 spiro atoms. The van der Waals surface area contributed by atoms with Gasteiger partial charge in [-0.25, -0.2) is 9.59 Å². The third kappa shape index (κ3) is 7.63. The average Bonchev–Trinajstić information content (AvgIpc) is 3.50. The monoisotopic (exact) mass is 624 g/mol. The van der Waals surface area contributed by atoms with E-state index in [-0.39, 0.29) is 23.4 Å². The number of nitrogens with zero attached hydrogens (tertiary/aromatic N) is 2. The molecule has 3 rings (SSSR count). The largest absolute Gasteiger partial charge is 0.506 e. The summed E-state index contributed by atoms with van der Waals surface area (Å²) in [5.41, 5.74) is 4.95. The topological polar surface area (TPSA) is 317 Å². The fourth-order valence-electron chi connectivity index (χ4n) is 4.48. The second kappa shape index (κ2) is 14.2. The summed E-state index contributed by atoms with van der Waals surface area (Å²) in [6.07, 6.45) is -7.77. The third-order valence-electron chi connectivity index (χ3n) is 7.05. The number of hydrogen-bond donors (Lipinski definition) is 10. The second-order valence-electron chi connectivity index (χ2n) is 10.1. The van der Waals surface area contributed by atoms with Gasteiger partial charge in [0.25, 0.3) is 0 Å². The molecule has 0 saturated carbocycles. The maximum atomic E-state index is 13.4. The number of carboxylic acid groups (broad SMARTS) is 2. The summed E-state index contributed by atoms with van der Waals surface area (Å²) in [5.74, 6) is -6.64. The number of aliphatic hydroxyl groups is 3. The highest BCUT2D eigenvalue weighted by Gasteiger charge is 2.51. The fraction of sp³-hybridized carbons (Fsp3) is 0.480. The first-order valence-corrected chi connectivity index (χ1v) is 13.1. The molecule has 19 nitrogen and oxygen atoms in total. The second-order valence-corrected chi connectivity index (χ2v) is 10.1. The zero-order valence-corrected chi connectivity index (χ0v) is 23.0.